The average Bonchev–Trinajstić information content (AvgIpc) is 2.83. The Bertz CT molecular complexity index is 941. The molecule has 0 heterocycles. The topological polar surface area (TPSA) is 76.0 Å². The molecule has 2 N–H and O–H groups in total. The normalized spacial score (nSPS) is 17.0. The van der Waals surface area contributed by atoms with E-state index in [0.717, 1.165) is 13.8 Å². The number of carbonyl (C=O) groups excluding carboxylic acids is 1. The van der Waals surface area contributed by atoms with E-state index in [1.54, 1.807) is 13.8 Å². The first-order chi connectivity index (χ1) is 18.9. The Morgan fingerprint density at radius 2 is 1.14 bits per heavy atom. The van der Waals surface area contributed by atoms with E-state index in [1.165, 1.54) is 20.8 Å². The maximum atomic E-state index is 14.0. The number of ether oxygens (including phenoxy) is 2. The largest absolute Gasteiger partial charge is 0.462 e. The van der Waals surface area contributed by atoms with Crippen molar-refractivity contribution in [3.63, 3.8) is 0 Å². The van der Waals surface area contributed by atoms with Gasteiger partial charge >= 0.3 is 24.5 Å². The van der Waals surface area contributed by atoms with Crippen LogP contribution >= 0.6 is 0 Å². The summed E-state index contributed by atoms with van der Waals surface area (Å²) in [5.41, 5.74) is -17.5. The van der Waals surface area contributed by atoms with Crippen LogP contribution in [0.1, 0.15) is 101 Å². The molecule has 0 aromatic rings. The van der Waals surface area contributed by atoms with E-state index < -0.39 is 76.7 Å². The smallest absolute Gasteiger partial charge is 0.429 e. The Morgan fingerprint density at radius 3 is 1.42 bits per heavy atom. The third-order valence-corrected chi connectivity index (χ3v) is 9.52. The van der Waals surface area contributed by atoms with Crippen LogP contribution in [0.5, 0.6) is 0 Å². The van der Waals surface area contributed by atoms with Crippen LogP contribution in [0.15, 0.2) is 12.2 Å². The van der Waals surface area contributed by atoms with Crippen molar-refractivity contribution in [1.82, 2.24) is 0 Å². The van der Waals surface area contributed by atoms with Gasteiger partial charge in [-0.1, -0.05) is 48.1 Å². The molecule has 0 bridgehead atoms. The van der Waals surface area contributed by atoms with Crippen LogP contribution in [0.3, 0.4) is 0 Å². The van der Waals surface area contributed by atoms with Gasteiger partial charge in [-0.25, -0.2) is 4.79 Å². The summed E-state index contributed by atoms with van der Waals surface area (Å²) < 4.78 is 137. The molecule has 0 aliphatic carbocycles. The van der Waals surface area contributed by atoms with Gasteiger partial charge in [-0.2, -0.15) is 39.5 Å². The fourth-order valence-corrected chi connectivity index (χ4v) is 6.10. The van der Waals surface area contributed by atoms with Gasteiger partial charge in [-0.05, 0) is 65.2 Å². The Morgan fingerprint density at radius 1 is 0.744 bits per heavy atom. The molecule has 0 aliphatic heterocycles. The lowest BCUT2D eigenvalue weighted by atomic mass is 9.55. The second-order valence-corrected chi connectivity index (χ2v) is 12.7. The highest BCUT2D eigenvalue weighted by atomic mass is 19.4. The van der Waals surface area contributed by atoms with Crippen LogP contribution < -0.4 is 0 Å². The molecular formula is C29H47F9O5. The zero-order chi connectivity index (χ0) is 34.9. The SMILES string of the molecule is C=C(C)C(=O)OCC(C(CC)(CC)CC(C)(C)C(C)(O)C(F)(F)F)C(CC)(CC)OC(C)(C)C(O)(C(F)(F)F)C(F)(F)F. The highest BCUT2D eigenvalue weighted by Crippen LogP contribution is 2.59. The van der Waals surface area contributed by atoms with Gasteiger partial charge in [-0.15, -0.1) is 0 Å². The summed E-state index contributed by atoms with van der Waals surface area (Å²) in [6, 6.07) is 0. The van der Waals surface area contributed by atoms with E-state index in [9.17, 15) is 54.5 Å². The Balaban J connectivity index is 7.65. The minimum atomic E-state index is -6.25. The van der Waals surface area contributed by atoms with E-state index in [2.05, 4.69) is 6.58 Å². The Kier molecular flexibility index (Phi) is 12.6. The van der Waals surface area contributed by atoms with Gasteiger partial charge < -0.3 is 19.7 Å². The molecular weight excluding hydrogens is 599 g/mol. The maximum absolute atomic E-state index is 14.0. The number of esters is 1. The molecule has 256 valence electrons. The monoisotopic (exact) mass is 646 g/mol. The number of hydrogen-bond donors (Lipinski definition) is 2. The molecule has 0 fully saturated rings. The van der Waals surface area contributed by atoms with E-state index in [1.807, 2.05) is 0 Å². The summed E-state index contributed by atoms with van der Waals surface area (Å²) in [6.45, 7) is 13.8. The first-order valence-corrected chi connectivity index (χ1v) is 14.0. The molecule has 2 unspecified atom stereocenters. The van der Waals surface area contributed by atoms with Gasteiger partial charge in [0.25, 0.3) is 5.60 Å². The zero-order valence-corrected chi connectivity index (χ0v) is 26.5. The molecule has 0 saturated heterocycles. The van der Waals surface area contributed by atoms with Crippen LogP contribution in [-0.4, -0.2) is 63.7 Å². The van der Waals surface area contributed by atoms with Gasteiger partial charge in [0.2, 0.25) is 0 Å². The highest BCUT2D eigenvalue weighted by Gasteiger charge is 2.78. The lowest BCUT2D eigenvalue weighted by molar-refractivity contribution is -0.424. The maximum Gasteiger partial charge on any atom is 0.429 e. The second kappa shape index (κ2) is 13.1. The predicted molar refractivity (Wildman–Crippen MR) is 143 cm³/mol. The quantitative estimate of drug-likeness (QED) is 0.106. The number of alkyl halides is 9. The lowest BCUT2D eigenvalue weighted by Gasteiger charge is -2.57. The molecule has 14 heteroatoms. The summed E-state index contributed by atoms with van der Waals surface area (Å²) in [5, 5.41) is 21.0. The van der Waals surface area contributed by atoms with Gasteiger partial charge in [0.05, 0.1) is 12.2 Å². The molecule has 0 aromatic heterocycles. The van der Waals surface area contributed by atoms with Gasteiger partial charge in [0.1, 0.15) is 5.60 Å². The molecule has 43 heavy (non-hydrogen) atoms. The second-order valence-electron chi connectivity index (χ2n) is 12.7. The van der Waals surface area contributed by atoms with Crippen LogP contribution in [0.4, 0.5) is 39.5 Å². The van der Waals surface area contributed by atoms with E-state index in [0.29, 0.717) is 20.8 Å². The lowest BCUT2D eigenvalue weighted by Crippen LogP contribution is -2.72. The predicted octanol–water partition coefficient (Wildman–Crippen LogP) is 8.47. The van der Waals surface area contributed by atoms with Crippen molar-refractivity contribution in [3.8, 4) is 0 Å². The van der Waals surface area contributed by atoms with Crippen molar-refractivity contribution in [3.05, 3.63) is 12.2 Å². The summed E-state index contributed by atoms with van der Waals surface area (Å²) in [7, 11) is 0. The third kappa shape index (κ3) is 7.65. The molecule has 0 rings (SSSR count). The first-order valence-electron chi connectivity index (χ1n) is 14.0. The zero-order valence-electron chi connectivity index (χ0n) is 26.5. The fourth-order valence-electron chi connectivity index (χ4n) is 6.10. The highest BCUT2D eigenvalue weighted by molar-refractivity contribution is 5.86. The van der Waals surface area contributed by atoms with Crippen molar-refractivity contribution < 1.29 is 64.0 Å². The molecule has 0 aliphatic rings. The van der Waals surface area contributed by atoms with Crippen molar-refractivity contribution in [2.75, 3.05) is 6.61 Å². The van der Waals surface area contributed by atoms with Crippen LogP contribution in [0.25, 0.3) is 0 Å². The minimum absolute atomic E-state index is 0.00447. The molecule has 0 radical (unpaired) electrons. The molecule has 0 aromatic carbocycles. The van der Waals surface area contributed by atoms with E-state index in [-0.39, 0.29) is 31.3 Å². The van der Waals surface area contributed by atoms with Crippen LogP contribution in [0.2, 0.25) is 0 Å². The number of halogens is 9. The van der Waals surface area contributed by atoms with Crippen molar-refractivity contribution in [2.24, 2.45) is 16.7 Å². The molecule has 2 atom stereocenters. The van der Waals surface area contributed by atoms with Gasteiger partial charge in [0, 0.05) is 16.9 Å². The molecule has 5 nitrogen and oxygen atoms in total. The van der Waals surface area contributed by atoms with Gasteiger partial charge in [0.15, 0.2) is 5.60 Å². The number of carbonyl (C=O) groups is 1. The van der Waals surface area contributed by atoms with Crippen LogP contribution in [0, 0.1) is 16.7 Å². The van der Waals surface area contributed by atoms with Gasteiger partial charge in [-0.3, -0.25) is 0 Å². The van der Waals surface area contributed by atoms with Crippen molar-refractivity contribution >= 4 is 5.97 Å². The molecule has 0 spiro atoms. The molecule has 0 amide bonds. The first kappa shape index (κ1) is 41.5. The third-order valence-electron chi connectivity index (χ3n) is 9.52. The van der Waals surface area contributed by atoms with E-state index in [4.69, 9.17) is 9.47 Å². The number of rotatable bonds is 15. The standard InChI is InChI=1S/C29H47F9O5/c1-12-24(13-2,17-21(7,8)23(11,40)27(30,31)32)19(16-42-20(39)18(5)6)25(14-3,15-4)43-22(9,10)26(41,28(33,34)35)29(36,37)38/h19,40-41H,5,12-17H2,1-4,6-11H3. The van der Waals surface area contributed by atoms with Crippen molar-refractivity contribution in [2.45, 2.75) is 142 Å². The minimum Gasteiger partial charge on any atom is -0.462 e. The Hall–Kier alpha value is -1.54. The van der Waals surface area contributed by atoms with Crippen LogP contribution in [-0.2, 0) is 14.3 Å². The fraction of sp³-hybridized carbons (Fsp3) is 0.897. The summed E-state index contributed by atoms with van der Waals surface area (Å²) in [4.78, 5) is 12.4. The number of hydrogen-bond acceptors (Lipinski definition) is 5. The summed E-state index contributed by atoms with van der Waals surface area (Å²) >= 11 is 0. The number of aliphatic hydroxyl groups is 2. The summed E-state index contributed by atoms with van der Waals surface area (Å²) in [5.74, 6) is -2.27. The molecule has 0 saturated carbocycles. The average molecular weight is 647 g/mol. The Labute approximate surface area is 248 Å². The van der Waals surface area contributed by atoms with Crippen molar-refractivity contribution in [1.29, 1.82) is 0 Å². The summed E-state index contributed by atoms with van der Waals surface area (Å²) in [6.07, 6.45) is -18.6. The van der Waals surface area contributed by atoms with E-state index >= 15 is 0 Å².